The van der Waals surface area contributed by atoms with Crippen molar-refractivity contribution < 1.29 is 4.52 Å². The lowest BCUT2D eigenvalue weighted by atomic mass is 10.00. The first-order chi connectivity index (χ1) is 10.4. The van der Waals surface area contributed by atoms with Crippen LogP contribution in [0.1, 0.15) is 24.7 Å². The van der Waals surface area contributed by atoms with Crippen LogP contribution in [-0.2, 0) is 0 Å². The van der Waals surface area contributed by atoms with Crippen LogP contribution in [0.5, 0.6) is 0 Å². The van der Waals surface area contributed by atoms with E-state index in [1.807, 2.05) is 12.1 Å². The Morgan fingerprint density at radius 3 is 2.77 bits per heavy atom. The van der Waals surface area contributed by atoms with Crippen LogP contribution in [0.15, 0.2) is 47.0 Å². The molecular weight excluding hydrogens is 298 g/mol. The summed E-state index contributed by atoms with van der Waals surface area (Å²) in [6.45, 7) is 2.02. The lowest BCUT2D eigenvalue weighted by Gasteiger charge is -2.18. The zero-order valence-electron chi connectivity index (χ0n) is 12.2. The Morgan fingerprint density at radius 1 is 1.09 bits per heavy atom. The summed E-state index contributed by atoms with van der Waals surface area (Å²) in [5.41, 5.74) is 1.01. The monoisotopic (exact) mass is 315 g/mol. The molecule has 1 aliphatic heterocycles. The lowest BCUT2D eigenvalue weighted by molar-refractivity contribution is 0.322. The van der Waals surface area contributed by atoms with E-state index in [1.165, 1.54) is 17.2 Å². The van der Waals surface area contributed by atoms with E-state index in [0.717, 1.165) is 31.0 Å². The molecule has 2 heterocycles. The van der Waals surface area contributed by atoms with E-state index in [4.69, 9.17) is 4.52 Å². The summed E-state index contributed by atoms with van der Waals surface area (Å²) in [6.07, 6.45) is 2.28. The van der Waals surface area contributed by atoms with Gasteiger partial charge in [0.2, 0.25) is 11.7 Å². The molecule has 0 radical (unpaired) electrons. The smallest absolute Gasteiger partial charge is 0.231 e. The van der Waals surface area contributed by atoms with E-state index in [1.54, 1.807) is 0 Å². The molecule has 4 rings (SSSR count). The number of hydrogen-bond acceptors (Lipinski definition) is 4. The summed E-state index contributed by atoms with van der Waals surface area (Å²) >= 11 is 0. The summed E-state index contributed by atoms with van der Waals surface area (Å²) in [5.74, 6) is 1.78. The van der Waals surface area contributed by atoms with Crippen LogP contribution in [0.25, 0.3) is 22.2 Å². The summed E-state index contributed by atoms with van der Waals surface area (Å²) in [7, 11) is 0. The second-order valence-electron chi connectivity index (χ2n) is 5.56. The normalized spacial score (nSPS) is 18.1. The summed E-state index contributed by atoms with van der Waals surface area (Å²) < 4.78 is 5.47. The second kappa shape index (κ2) is 6.46. The third kappa shape index (κ3) is 2.85. The first-order valence-electron chi connectivity index (χ1n) is 7.44. The molecule has 0 amide bonds. The Balaban J connectivity index is 0.00000144. The predicted molar refractivity (Wildman–Crippen MR) is 89.3 cm³/mol. The van der Waals surface area contributed by atoms with Gasteiger partial charge in [-0.15, -0.1) is 12.4 Å². The van der Waals surface area contributed by atoms with E-state index < -0.39 is 0 Å². The molecule has 5 heteroatoms. The van der Waals surface area contributed by atoms with Crippen molar-refractivity contribution in [1.82, 2.24) is 15.5 Å². The fraction of sp³-hybridized carbons (Fsp3) is 0.294. The molecule has 1 N–H and O–H groups in total. The van der Waals surface area contributed by atoms with E-state index in [-0.39, 0.29) is 12.4 Å². The number of nitrogens with one attached hydrogen (secondary N) is 1. The van der Waals surface area contributed by atoms with Gasteiger partial charge in [0.25, 0.3) is 0 Å². The summed E-state index contributed by atoms with van der Waals surface area (Å²) in [6, 6.07) is 14.6. The van der Waals surface area contributed by atoms with E-state index in [2.05, 4.69) is 45.8 Å². The SMILES string of the molecule is Cl.c1ccc2cc(-c3noc([C@H]4CCCNC4)n3)ccc2c1. The van der Waals surface area contributed by atoms with Crippen molar-refractivity contribution in [2.45, 2.75) is 18.8 Å². The molecule has 0 spiro atoms. The van der Waals surface area contributed by atoms with Crippen molar-refractivity contribution in [2.75, 3.05) is 13.1 Å². The van der Waals surface area contributed by atoms with Gasteiger partial charge in [0, 0.05) is 12.1 Å². The molecule has 0 aliphatic carbocycles. The molecule has 4 nitrogen and oxygen atoms in total. The number of aromatic nitrogens is 2. The third-order valence-corrected chi connectivity index (χ3v) is 4.10. The van der Waals surface area contributed by atoms with Gasteiger partial charge in [0.05, 0.1) is 5.92 Å². The van der Waals surface area contributed by atoms with Crippen LogP contribution in [0.3, 0.4) is 0 Å². The maximum absolute atomic E-state index is 5.47. The quantitative estimate of drug-likeness (QED) is 0.782. The molecule has 1 fully saturated rings. The van der Waals surface area contributed by atoms with Gasteiger partial charge in [-0.3, -0.25) is 0 Å². The van der Waals surface area contributed by atoms with Crippen LogP contribution in [-0.4, -0.2) is 23.2 Å². The number of hydrogen-bond donors (Lipinski definition) is 1. The Labute approximate surface area is 135 Å². The maximum Gasteiger partial charge on any atom is 0.231 e. The molecule has 22 heavy (non-hydrogen) atoms. The number of benzene rings is 2. The minimum absolute atomic E-state index is 0. The van der Waals surface area contributed by atoms with E-state index in [0.29, 0.717) is 11.7 Å². The minimum atomic E-state index is 0. The zero-order valence-corrected chi connectivity index (χ0v) is 13.0. The Morgan fingerprint density at radius 2 is 1.95 bits per heavy atom. The molecule has 0 unspecified atom stereocenters. The van der Waals surface area contributed by atoms with Gasteiger partial charge in [0.15, 0.2) is 0 Å². The van der Waals surface area contributed by atoms with Gasteiger partial charge in [-0.1, -0.05) is 41.6 Å². The molecule has 1 aromatic heterocycles. The molecular formula is C17H18ClN3O. The molecule has 114 valence electrons. The van der Waals surface area contributed by atoms with Gasteiger partial charge in [-0.05, 0) is 36.2 Å². The highest BCUT2D eigenvalue weighted by atomic mass is 35.5. The van der Waals surface area contributed by atoms with Gasteiger partial charge in [-0.25, -0.2) is 0 Å². The Kier molecular flexibility index (Phi) is 4.41. The van der Waals surface area contributed by atoms with Crippen molar-refractivity contribution in [3.05, 3.63) is 48.4 Å². The van der Waals surface area contributed by atoms with Crippen LogP contribution in [0.2, 0.25) is 0 Å². The van der Waals surface area contributed by atoms with Crippen LogP contribution in [0, 0.1) is 0 Å². The minimum Gasteiger partial charge on any atom is -0.339 e. The zero-order chi connectivity index (χ0) is 14.1. The molecule has 1 saturated heterocycles. The largest absolute Gasteiger partial charge is 0.339 e. The topological polar surface area (TPSA) is 51.0 Å². The highest BCUT2D eigenvalue weighted by Gasteiger charge is 2.21. The third-order valence-electron chi connectivity index (χ3n) is 4.10. The average molecular weight is 316 g/mol. The fourth-order valence-electron chi connectivity index (χ4n) is 2.91. The number of piperidine rings is 1. The first kappa shape index (κ1) is 15.0. The van der Waals surface area contributed by atoms with E-state index in [9.17, 15) is 0 Å². The van der Waals surface area contributed by atoms with Crippen LogP contribution < -0.4 is 5.32 Å². The maximum atomic E-state index is 5.47. The Bertz CT molecular complexity index is 765. The molecule has 3 aromatic rings. The molecule has 2 aromatic carbocycles. The summed E-state index contributed by atoms with van der Waals surface area (Å²) in [4.78, 5) is 4.59. The van der Waals surface area contributed by atoms with Gasteiger partial charge < -0.3 is 9.84 Å². The van der Waals surface area contributed by atoms with Gasteiger partial charge >= 0.3 is 0 Å². The molecule has 0 saturated carbocycles. The predicted octanol–water partition coefficient (Wildman–Crippen LogP) is 3.78. The standard InChI is InChI=1S/C17H17N3O.ClH/c1-2-5-13-10-14(8-7-12(13)4-1)16-19-17(21-20-16)15-6-3-9-18-11-15;/h1-2,4-5,7-8,10,15,18H,3,6,9,11H2;1H/t15-;/m0./s1. The van der Waals surface area contributed by atoms with Crippen molar-refractivity contribution in [1.29, 1.82) is 0 Å². The fourth-order valence-corrected chi connectivity index (χ4v) is 2.91. The van der Waals surface area contributed by atoms with Crippen molar-refractivity contribution >= 4 is 23.2 Å². The Hall–Kier alpha value is -1.91. The van der Waals surface area contributed by atoms with Gasteiger partial charge in [-0.2, -0.15) is 4.98 Å². The number of fused-ring (bicyclic) bond motifs is 1. The highest BCUT2D eigenvalue weighted by molar-refractivity contribution is 5.86. The molecule has 0 bridgehead atoms. The highest BCUT2D eigenvalue weighted by Crippen LogP contribution is 2.26. The van der Waals surface area contributed by atoms with Crippen LogP contribution >= 0.6 is 12.4 Å². The molecule has 1 aliphatic rings. The number of halogens is 1. The first-order valence-corrected chi connectivity index (χ1v) is 7.44. The number of rotatable bonds is 2. The van der Waals surface area contributed by atoms with Crippen molar-refractivity contribution in [2.24, 2.45) is 0 Å². The average Bonchev–Trinajstić information content (AvgIpc) is 3.05. The van der Waals surface area contributed by atoms with Crippen molar-refractivity contribution in [3.63, 3.8) is 0 Å². The summed E-state index contributed by atoms with van der Waals surface area (Å²) in [5, 5.41) is 9.95. The molecule has 1 atom stereocenters. The number of nitrogens with zero attached hydrogens (tertiary/aromatic N) is 2. The van der Waals surface area contributed by atoms with Crippen molar-refractivity contribution in [3.8, 4) is 11.4 Å². The lowest BCUT2D eigenvalue weighted by Crippen LogP contribution is -2.28. The van der Waals surface area contributed by atoms with E-state index >= 15 is 0 Å². The van der Waals surface area contributed by atoms with Crippen LogP contribution in [0.4, 0.5) is 0 Å². The van der Waals surface area contributed by atoms with Gasteiger partial charge in [0.1, 0.15) is 0 Å². The second-order valence-corrected chi connectivity index (χ2v) is 5.56.